The summed E-state index contributed by atoms with van der Waals surface area (Å²) in [4.78, 5) is 17.4. The average molecular weight is 350 g/mol. The molecule has 4 rings (SSSR count). The molecule has 2 heterocycles. The second-order valence-corrected chi connectivity index (χ2v) is 7.35. The Morgan fingerprint density at radius 2 is 1.77 bits per heavy atom. The summed E-state index contributed by atoms with van der Waals surface area (Å²) in [5.74, 6) is 1.11. The van der Waals surface area contributed by atoms with E-state index in [1.165, 1.54) is 16.8 Å². The van der Waals surface area contributed by atoms with Crippen LogP contribution in [0.25, 0.3) is 0 Å². The lowest BCUT2D eigenvalue weighted by atomic mass is 9.95. The predicted molar refractivity (Wildman–Crippen MR) is 104 cm³/mol. The lowest BCUT2D eigenvalue weighted by Gasteiger charge is -2.39. The van der Waals surface area contributed by atoms with E-state index < -0.39 is 0 Å². The minimum atomic E-state index is -0.0582. The molecule has 1 amide bonds. The maximum absolute atomic E-state index is 13.0. The number of para-hydroxylation sites is 1. The molecule has 136 valence electrons. The minimum absolute atomic E-state index is 0.0582. The van der Waals surface area contributed by atoms with Crippen molar-refractivity contribution in [3.63, 3.8) is 0 Å². The number of carbonyl (C=O) groups is 1. The van der Waals surface area contributed by atoms with Crippen molar-refractivity contribution < 1.29 is 9.53 Å². The smallest absolute Gasteiger partial charge is 0.229 e. The van der Waals surface area contributed by atoms with Crippen molar-refractivity contribution in [3.8, 4) is 5.75 Å². The molecule has 1 saturated heterocycles. The molecule has 0 N–H and O–H groups in total. The van der Waals surface area contributed by atoms with E-state index in [2.05, 4.69) is 43.0 Å². The standard InChI is InChI=1S/C22H26N2O2/c1-16-6-5-8-20(17(16)2)23-10-12-24(13-11-23)22(25)19-14-18-7-3-4-9-21(18)26-15-19/h3-9,19H,10-15H2,1-2H3. The molecule has 0 aromatic heterocycles. The molecule has 4 nitrogen and oxygen atoms in total. The highest BCUT2D eigenvalue weighted by Gasteiger charge is 2.31. The summed E-state index contributed by atoms with van der Waals surface area (Å²) >= 11 is 0. The largest absolute Gasteiger partial charge is 0.492 e. The Labute approximate surface area is 155 Å². The molecular weight excluding hydrogens is 324 g/mol. The van der Waals surface area contributed by atoms with Crippen molar-refractivity contribution in [3.05, 3.63) is 59.2 Å². The molecule has 26 heavy (non-hydrogen) atoms. The summed E-state index contributed by atoms with van der Waals surface area (Å²) < 4.78 is 5.81. The molecule has 2 aliphatic heterocycles. The topological polar surface area (TPSA) is 32.8 Å². The first kappa shape index (κ1) is 17.0. The van der Waals surface area contributed by atoms with Crippen molar-refractivity contribution in [2.75, 3.05) is 37.7 Å². The van der Waals surface area contributed by atoms with Crippen LogP contribution >= 0.6 is 0 Å². The van der Waals surface area contributed by atoms with Crippen molar-refractivity contribution in [2.24, 2.45) is 5.92 Å². The zero-order chi connectivity index (χ0) is 18.1. The molecule has 0 bridgehead atoms. The number of anilines is 1. The van der Waals surface area contributed by atoms with Crippen LogP contribution in [0.4, 0.5) is 5.69 Å². The lowest BCUT2D eigenvalue weighted by Crippen LogP contribution is -2.51. The molecular formula is C22H26N2O2. The van der Waals surface area contributed by atoms with Gasteiger partial charge in [0.05, 0.1) is 5.92 Å². The van der Waals surface area contributed by atoms with Gasteiger partial charge >= 0.3 is 0 Å². The fraction of sp³-hybridized carbons (Fsp3) is 0.409. The van der Waals surface area contributed by atoms with Gasteiger partial charge in [0, 0.05) is 31.9 Å². The SMILES string of the molecule is Cc1cccc(N2CCN(C(=O)C3COc4ccccc4C3)CC2)c1C. The third kappa shape index (κ3) is 3.16. The van der Waals surface area contributed by atoms with Gasteiger partial charge in [-0.15, -0.1) is 0 Å². The van der Waals surface area contributed by atoms with E-state index in [0.717, 1.165) is 43.9 Å². The van der Waals surface area contributed by atoms with Crippen LogP contribution in [0.1, 0.15) is 16.7 Å². The first-order valence-electron chi connectivity index (χ1n) is 9.44. The number of carbonyl (C=O) groups excluding carboxylic acids is 1. The average Bonchev–Trinajstić information content (AvgIpc) is 2.69. The van der Waals surface area contributed by atoms with Gasteiger partial charge in [-0.05, 0) is 49.1 Å². The van der Waals surface area contributed by atoms with Crippen LogP contribution in [-0.2, 0) is 11.2 Å². The number of hydrogen-bond donors (Lipinski definition) is 0. The molecule has 1 atom stereocenters. The van der Waals surface area contributed by atoms with Crippen LogP contribution in [0, 0.1) is 19.8 Å². The molecule has 1 unspecified atom stereocenters. The van der Waals surface area contributed by atoms with Crippen molar-refractivity contribution in [2.45, 2.75) is 20.3 Å². The Balaban J connectivity index is 1.39. The van der Waals surface area contributed by atoms with Gasteiger partial charge in [0.25, 0.3) is 0 Å². The number of hydrogen-bond acceptors (Lipinski definition) is 3. The van der Waals surface area contributed by atoms with E-state index in [0.29, 0.717) is 6.61 Å². The first-order valence-corrected chi connectivity index (χ1v) is 9.44. The minimum Gasteiger partial charge on any atom is -0.492 e. The number of nitrogens with zero attached hydrogens (tertiary/aromatic N) is 2. The van der Waals surface area contributed by atoms with E-state index in [1.807, 2.05) is 23.1 Å². The number of rotatable bonds is 2. The van der Waals surface area contributed by atoms with Gasteiger partial charge in [-0.2, -0.15) is 0 Å². The zero-order valence-electron chi connectivity index (χ0n) is 15.6. The highest BCUT2D eigenvalue weighted by atomic mass is 16.5. The van der Waals surface area contributed by atoms with E-state index in [9.17, 15) is 4.79 Å². The zero-order valence-corrected chi connectivity index (χ0v) is 15.6. The number of piperazine rings is 1. The number of ether oxygens (including phenoxy) is 1. The van der Waals surface area contributed by atoms with Crippen LogP contribution in [0.3, 0.4) is 0 Å². The summed E-state index contributed by atoms with van der Waals surface area (Å²) in [7, 11) is 0. The summed E-state index contributed by atoms with van der Waals surface area (Å²) in [5.41, 5.74) is 5.10. The van der Waals surface area contributed by atoms with Gasteiger partial charge in [-0.1, -0.05) is 30.3 Å². The highest BCUT2D eigenvalue weighted by Crippen LogP contribution is 2.29. The fourth-order valence-electron chi connectivity index (χ4n) is 3.99. The first-order chi connectivity index (χ1) is 12.6. The molecule has 0 aliphatic carbocycles. The molecule has 1 fully saturated rings. The Bertz CT molecular complexity index is 810. The van der Waals surface area contributed by atoms with Crippen LogP contribution in [0.15, 0.2) is 42.5 Å². The summed E-state index contributed by atoms with van der Waals surface area (Å²) in [6.45, 7) is 8.17. The van der Waals surface area contributed by atoms with Gasteiger partial charge < -0.3 is 14.5 Å². The Kier molecular flexibility index (Phi) is 4.58. The molecule has 2 aliphatic rings. The fourth-order valence-corrected chi connectivity index (χ4v) is 3.99. The maximum atomic E-state index is 13.0. The van der Waals surface area contributed by atoms with Crippen LogP contribution < -0.4 is 9.64 Å². The molecule has 2 aromatic rings. The van der Waals surface area contributed by atoms with Gasteiger partial charge in [-0.25, -0.2) is 0 Å². The Morgan fingerprint density at radius 1 is 1.00 bits per heavy atom. The van der Waals surface area contributed by atoms with E-state index in [-0.39, 0.29) is 11.8 Å². The molecule has 0 saturated carbocycles. The highest BCUT2D eigenvalue weighted by molar-refractivity contribution is 5.80. The Hall–Kier alpha value is -2.49. The second-order valence-electron chi connectivity index (χ2n) is 7.35. The lowest BCUT2D eigenvalue weighted by molar-refractivity contribution is -0.137. The van der Waals surface area contributed by atoms with Crippen molar-refractivity contribution in [1.82, 2.24) is 4.90 Å². The van der Waals surface area contributed by atoms with Crippen LogP contribution in [-0.4, -0.2) is 43.6 Å². The molecule has 4 heteroatoms. The van der Waals surface area contributed by atoms with Crippen molar-refractivity contribution in [1.29, 1.82) is 0 Å². The number of fused-ring (bicyclic) bond motifs is 1. The third-order valence-electron chi connectivity index (χ3n) is 5.74. The van der Waals surface area contributed by atoms with Gasteiger partial charge in [-0.3, -0.25) is 4.79 Å². The summed E-state index contributed by atoms with van der Waals surface area (Å²) in [6, 6.07) is 14.5. The maximum Gasteiger partial charge on any atom is 0.229 e. The monoisotopic (exact) mass is 350 g/mol. The third-order valence-corrected chi connectivity index (χ3v) is 5.74. The molecule has 2 aromatic carbocycles. The molecule has 0 spiro atoms. The number of benzene rings is 2. The van der Waals surface area contributed by atoms with Gasteiger partial charge in [0.15, 0.2) is 0 Å². The number of aryl methyl sites for hydroxylation is 1. The van der Waals surface area contributed by atoms with Crippen LogP contribution in [0.5, 0.6) is 5.75 Å². The quantitative estimate of drug-likeness (QED) is 0.834. The predicted octanol–water partition coefficient (Wildman–Crippen LogP) is 3.20. The van der Waals surface area contributed by atoms with Crippen molar-refractivity contribution >= 4 is 11.6 Å². The molecule has 0 radical (unpaired) electrons. The van der Waals surface area contributed by atoms with Gasteiger partial charge in [0.1, 0.15) is 12.4 Å². The normalized spacial score (nSPS) is 19.7. The summed E-state index contributed by atoms with van der Waals surface area (Å²) in [6.07, 6.45) is 0.784. The van der Waals surface area contributed by atoms with Gasteiger partial charge in [0.2, 0.25) is 5.91 Å². The Morgan fingerprint density at radius 3 is 2.58 bits per heavy atom. The van der Waals surface area contributed by atoms with E-state index in [4.69, 9.17) is 4.74 Å². The number of amides is 1. The summed E-state index contributed by atoms with van der Waals surface area (Å²) in [5, 5.41) is 0. The van der Waals surface area contributed by atoms with E-state index >= 15 is 0 Å². The van der Waals surface area contributed by atoms with E-state index in [1.54, 1.807) is 0 Å². The second kappa shape index (κ2) is 7.02. The van der Waals surface area contributed by atoms with Crippen LogP contribution in [0.2, 0.25) is 0 Å².